The van der Waals surface area contributed by atoms with Gasteiger partial charge < -0.3 is 14.5 Å². The molecule has 0 bridgehead atoms. The third-order valence-electron chi connectivity index (χ3n) is 4.52. The van der Waals surface area contributed by atoms with Crippen molar-refractivity contribution in [3.8, 4) is 5.75 Å². The maximum atomic E-state index is 12.8. The summed E-state index contributed by atoms with van der Waals surface area (Å²) >= 11 is 6.13. The van der Waals surface area contributed by atoms with Gasteiger partial charge in [-0.05, 0) is 42.5 Å². The number of rotatable bonds is 5. The van der Waals surface area contributed by atoms with Crippen LogP contribution in [0.15, 0.2) is 42.5 Å². The number of nitrogens with zero attached hydrogens (tertiary/aromatic N) is 2. The number of sulfonamides is 1. The zero-order chi connectivity index (χ0) is 20.3. The van der Waals surface area contributed by atoms with Crippen LogP contribution in [0.1, 0.15) is 10.4 Å². The van der Waals surface area contributed by atoms with Crippen molar-refractivity contribution in [2.24, 2.45) is 0 Å². The van der Waals surface area contributed by atoms with Crippen LogP contribution in [0.5, 0.6) is 5.75 Å². The number of carbonyl (C=O) groups excluding carboxylic acids is 1. The van der Waals surface area contributed by atoms with Crippen LogP contribution in [0.3, 0.4) is 0 Å². The lowest BCUT2D eigenvalue weighted by Crippen LogP contribution is -2.48. The lowest BCUT2D eigenvalue weighted by molar-refractivity contribution is 0.0747. The molecule has 150 valence electrons. The van der Waals surface area contributed by atoms with Gasteiger partial charge in [0.15, 0.2) is 0 Å². The predicted molar refractivity (Wildman–Crippen MR) is 111 cm³/mol. The number of anilines is 2. The zero-order valence-corrected chi connectivity index (χ0v) is 17.3. The Morgan fingerprint density at radius 2 is 1.71 bits per heavy atom. The number of ether oxygens (including phenoxy) is 1. The van der Waals surface area contributed by atoms with Crippen LogP contribution in [0.25, 0.3) is 0 Å². The highest BCUT2D eigenvalue weighted by atomic mass is 35.5. The Balaban J connectivity index is 1.64. The number of methoxy groups -OCH3 is 1. The zero-order valence-electron chi connectivity index (χ0n) is 15.7. The topological polar surface area (TPSA) is 79.0 Å². The van der Waals surface area contributed by atoms with E-state index in [9.17, 15) is 13.2 Å². The van der Waals surface area contributed by atoms with Crippen molar-refractivity contribution in [2.75, 3.05) is 49.2 Å². The van der Waals surface area contributed by atoms with Gasteiger partial charge in [0.2, 0.25) is 10.0 Å². The molecule has 1 amide bonds. The summed E-state index contributed by atoms with van der Waals surface area (Å²) in [4.78, 5) is 16.8. The second kappa shape index (κ2) is 8.28. The minimum atomic E-state index is -3.43. The maximum absolute atomic E-state index is 12.8. The summed E-state index contributed by atoms with van der Waals surface area (Å²) < 4.78 is 30.2. The average molecular weight is 424 g/mol. The third kappa shape index (κ3) is 4.88. The van der Waals surface area contributed by atoms with Crippen molar-refractivity contribution in [1.29, 1.82) is 0 Å². The molecule has 0 spiro atoms. The van der Waals surface area contributed by atoms with E-state index >= 15 is 0 Å². The van der Waals surface area contributed by atoms with Gasteiger partial charge >= 0.3 is 0 Å². The molecule has 1 aliphatic rings. The van der Waals surface area contributed by atoms with Gasteiger partial charge in [-0.25, -0.2) is 8.42 Å². The summed E-state index contributed by atoms with van der Waals surface area (Å²) in [5.41, 5.74) is 1.78. The van der Waals surface area contributed by atoms with E-state index in [2.05, 4.69) is 9.62 Å². The fraction of sp³-hybridized carbons (Fsp3) is 0.316. The Kier molecular flexibility index (Phi) is 6.00. The molecule has 0 aliphatic carbocycles. The van der Waals surface area contributed by atoms with E-state index in [0.717, 1.165) is 30.8 Å². The molecule has 1 fully saturated rings. The first-order valence-electron chi connectivity index (χ1n) is 8.72. The van der Waals surface area contributed by atoms with E-state index in [1.54, 1.807) is 18.1 Å². The monoisotopic (exact) mass is 423 g/mol. The molecule has 28 heavy (non-hydrogen) atoms. The first kappa shape index (κ1) is 20.3. The third-order valence-corrected chi connectivity index (χ3v) is 5.42. The van der Waals surface area contributed by atoms with Gasteiger partial charge in [0.25, 0.3) is 5.91 Å². The molecule has 0 atom stereocenters. The van der Waals surface area contributed by atoms with Gasteiger partial charge in [0.1, 0.15) is 5.75 Å². The smallest absolute Gasteiger partial charge is 0.254 e. The second-order valence-electron chi connectivity index (χ2n) is 6.55. The summed E-state index contributed by atoms with van der Waals surface area (Å²) in [6.45, 7) is 2.62. The first-order chi connectivity index (χ1) is 13.3. The molecule has 0 aromatic heterocycles. The molecule has 0 unspecified atom stereocenters. The standard InChI is InChI=1S/C19H22ClN3O4S/c1-27-16-6-4-15(5-7-16)22-9-11-23(12-10-22)19(24)14-3-8-18(17(20)13-14)21-28(2,25)26/h3-8,13,21H,9-12H2,1-2H3. The Morgan fingerprint density at radius 3 is 2.25 bits per heavy atom. The van der Waals surface area contributed by atoms with Gasteiger partial charge in [0, 0.05) is 37.4 Å². The van der Waals surface area contributed by atoms with Crippen molar-refractivity contribution >= 4 is 38.9 Å². The normalized spacial score (nSPS) is 14.7. The molecule has 1 aliphatic heterocycles. The van der Waals surface area contributed by atoms with Crippen LogP contribution < -0.4 is 14.4 Å². The van der Waals surface area contributed by atoms with Crippen LogP contribution in [0, 0.1) is 0 Å². The van der Waals surface area contributed by atoms with E-state index in [0.29, 0.717) is 18.7 Å². The highest BCUT2D eigenvalue weighted by Crippen LogP contribution is 2.25. The lowest BCUT2D eigenvalue weighted by Gasteiger charge is -2.36. The van der Waals surface area contributed by atoms with E-state index in [-0.39, 0.29) is 16.6 Å². The summed E-state index contributed by atoms with van der Waals surface area (Å²) in [5, 5.41) is 0.188. The molecular weight excluding hydrogens is 402 g/mol. The number of halogens is 1. The summed E-state index contributed by atoms with van der Waals surface area (Å²) in [5.74, 6) is 0.686. The SMILES string of the molecule is COc1ccc(N2CCN(C(=O)c3ccc(NS(C)(=O)=O)c(Cl)c3)CC2)cc1. The van der Waals surface area contributed by atoms with E-state index < -0.39 is 10.0 Å². The molecule has 2 aromatic rings. The highest BCUT2D eigenvalue weighted by molar-refractivity contribution is 7.92. The van der Waals surface area contributed by atoms with Crippen LogP contribution in [0.4, 0.5) is 11.4 Å². The van der Waals surface area contributed by atoms with Crippen LogP contribution in [0.2, 0.25) is 5.02 Å². The number of hydrogen-bond acceptors (Lipinski definition) is 5. The molecule has 7 nitrogen and oxygen atoms in total. The number of benzene rings is 2. The number of carbonyl (C=O) groups is 1. The molecule has 1 heterocycles. The van der Waals surface area contributed by atoms with Gasteiger partial charge in [0.05, 0.1) is 24.1 Å². The second-order valence-corrected chi connectivity index (χ2v) is 8.70. The average Bonchev–Trinajstić information content (AvgIpc) is 2.68. The number of hydrogen-bond donors (Lipinski definition) is 1. The van der Waals surface area contributed by atoms with Gasteiger partial charge in [-0.1, -0.05) is 11.6 Å². The minimum Gasteiger partial charge on any atom is -0.497 e. The highest BCUT2D eigenvalue weighted by Gasteiger charge is 2.23. The van der Waals surface area contributed by atoms with E-state index in [1.807, 2.05) is 24.3 Å². The Hall–Kier alpha value is -2.45. The van der Waals surface area contributed by atoms with Crippen molar-refractivity contribution in [2.45, 2.75) is 0 Å². The number of amides is 1. The molecule has 2 aromatic carbocycles. The van der Waals surface area contributed by atoms with Crippen LogP contribution in [-0.4, -0.2) is 58.8 Å². The van der Waals surface area contributed by atoms with Gasteiger partial charge in [-0.3, -0.25) is 9.52 Å². The molecule has 0 radical (unpaired) electrons. The van der Waals surface area contributed by atoms with Crippen molar-refractivity contribution in [3.05, 3.63) is 53.1 Å². The van der Waals surface area contributed by atoms with Crippen LogP contribution in [-0.2, 0) is 10.0 Å². The van der Waals surface area contributed by atoms with Crippen LogP contribution >= 0.6 is 11.6 Å². The molecule has 0 saturated carbocycles. The summed E-state index contributed by atoms with van der Waals surface area (Å²) in [7, 11) is -1.80. The first-order valence-corrected chi connectivity index (χ1v) is 11.0. The number of piperazine rings is 1. The summed E-state index contributed by atoms with van der Waals surface area (Å²) in [6.07, 6.45) is 1.05. The quantitative estimate of drug-likeness (QED) is 0.799. The Labute approximate surface area is 169 Å². The lowest BCUT2D eigenvalue weighted by atomic mass is 10.1. The molecular formula is C19H22ClN3O4S. The van der Waals surface area contributed by atoms with Gasteiger partial charge in [-0.2, -0.15) is 0 Å². The fourth-order valence-corrected chi connectivity index (χ4v) is 3.94. The predicted octanol–water partition coefficient (Wildman–Crippen LogP) is 2.68. The Bertz CT molecular complexity index is 956. The minimum absolute atomic E-state index is 0.123. The van der Waals surface area contributed by atoms with Crippen molar-refractivity contribution < 1.29 is 17.9 Å². The number of nitrogens with one attached hydrogen (secondary N) is 1. The summed E-state index contributed by atoms with van der Waals surface area (Å²) in [6, 6.07) is 12.4. The van der Waals surface area contributed by atoms with Crippen molar-refractivity contribution in [1.82, 2.24) is 4.90 Å². The van der Waals surface area contributed by atoms with Gasteiger partial charge in [-0.15, -0.1) is 0 Å². The fourth-order valence-electron chi connectivity index (χ4n) is 3.07. The van der Waals surface area contributed by atoms with E-state index in [4.69, 9.17) is 16.3 Å². The van der Waals surface area contributed by atoms with Crippen molar-refractivity contribution in [3.63, 3.8) is 0 Å². The van der Waals surface area contributed by atoms with E-state index in [1.165, 1.54) is 12.1 Å². The molecule has 1 saturated heterocycles. The Morgan fingerprint density at radius 1 is 1.07 bits per heavy atom. The molecule has 9 heteroatoms. The largest absolute Gasteiger partial charge is 0.497 e. The maximum Gasteiger partial charge on any atom is 0.254 e. The molecule has 3 rings (SSSR count). The molecule has 1 N–H and O–H groups in total.